The Morgan fingerprint density at radius 3 is 2.75 bits per heavy atom. The van der Waals surface area contributed by atoms with Crippen molar-refractivity contribution in [3.63, 3.8) is 0 Å². The van der Waals surface area contributed by atoms with Gasteiger partial charge in [0.1, 0.15) is 11.6 Å². The Morgan fingerprint density at radius 1 is 1.05 bits per heavy atom. The summed E-state index contributed by atoms with van der Waals surface area (Å²) in [6, 6.07) is 11.7. The molecule has 5 nitrogen and oxygen atoms in total. The molecule has 3 aromatic rings. The van der Waals surface area contributed by atoms with Crippen molar-refractivity contribution in [3.8, 4) is 11.5 Å². The van der Waals surface area contributed by atoms with Crippen LogP contribution in [0.2, 0.25) is 0 Å². The van der Waals surface area contributed by atoms with Crippen molar-refractivity contribution in [2.75, 3.05) is 14.2 Å². The molecular weight excluding hydrogens is 254 g/mol. The van der Waals surface area contributed by atoms with Gasteiger partial charge in [-0.25, -0.2) is 0 Å². The van der Waals surface area contributed by atoms with Crippen LogP contribution in [0.5, 0.6) is 11.5 Å². The number of rotatable bonds is 4. The smallest absolute Gasteiger partial charge is 0.203 e. The molecule has 0 amide bonds. The van der Waals surface area contributed by atoms with Gasteiger partial charge in [-0.2, -0.15) is 0 Å². The fourth-order valence-electron chi connectivity index (χ4n) is 2.18. The monoisotopic (exact) mass is 269 g/mol. The number of pyridine rings is 1. The van der Waals surface area contributed by atoms with E-state index in [4.69, 9.17) is 9.47 Å². The number of hydrogen-bond donors (Lipinski definition) is 0. The van der Waals surface area contributed by atoms with Crippen molar-refractivity contribution in [1.29, 1.82) is 0 Å². The zero-order valence-electron chi connectivity index (χ0n) is 11.4. The third kappa shape index (κ3) is 2.18. The molecule has 0 saturated heterocycles. The van der Waals surface area contributed by atoms with Gasteiger partial charge in [0, 0.05) is 12.6 Å². The van der Waals surface area contributed by atoms with Gasteiger partial charge < -0.3 is 9.47 Å². The third-order valence-electron chi connectivity index (χ3n) is 3.19. The lowest BCUT2D eigenvalue weighted by molar-refractivity contribution is 0.414. The molecule has 3 rings (SSSR count). The average molecular weight is 269 g/mol. The zero-order valence-corrected chi connectivity index (χ0v) is 11.4. The van der Waals surface area contributed by atoms with E-state index in [0.717, 1.165) is 28.5 Å². The summed E-state index contributed by atoms with van der Waals surface area (Å²) >= 11 is 0. The summed E-state index contributed by atoms with van der Waals surface area (Å²) < 4.78 is 12.5. The number of nitrogens with zero attached hydrogens (tertiary/aromatic N) is 3. The van der Waals surface area contributed by atoms with E-state index in [2.05, 4.69) is 10.2 Å². The molecule has 0 aliphatic rings. The predicted molar refractivity (Wildman–Crippen MR) is 75.3 cm³/mol. The topological polar surface area (TPSA) is 48.7 Å². The van der Waals surface area contributed by atoms with Crippen LogP contribution < -0.4 is 9.47 Å². The van der Waals surface area contributed by atoms with Crippen LogP contribution in [-0.2, 0) is 6.42 Å². The van der Waals surface area contributed by atoms with Crippen molar-refractivity contribution >= 4 is 5.65 Å². The van der Waals surface area contributed by atoms with Gasteiger partial charge in [0.2, 0.25) is 5.65 Å². The highest BCUT2D eigenvalue weighted by molar-refractivity contribution is 5.53. The second kappa shape index (κ2) is 5.21. The van der Waals surface area contributed by atoms with Crippen molar-refractivity contribution in [2.24, 2.45) is 0 Å². The first kappa shape index (κ1) is 12.5. The fourth-order valence-corrected chi connectivity index (χ4v) is 2.18. The largest absolute Gasteiger partial charge is 0.497 e. The molecule has 1 aromatic carbocycles. The van der Waals surface area contributed by atoms with Crippen LogP contribution in [0.1, 0.15) is 11.4 Å². The summed E-state index contributed by atoms with van der Waals surface area (Å²) in [5.74, 6) is 2.43. The highest BCUT2D eigenvalue weighted by atomic mass is 16.5. The molecule has 5 heteroatoms. The molecule has 2 aromatic heterocycles. The summed E-state index contributed by atoms with van der Waals surface area (Å²) in [5, 5.41) is 8.43. The fraction of sp³-hybridized carbons (Fsp3) is 0.200. The second-order valence-corrected chi connectivity index (χ2v) is 4.41. The van der Waals surface area contributed by atoms with Crippen LogP contribution in [0.3, 0.4) is 0 Å². The SMILES string of the molecule is COc1cccc(Cc2nnc3c(OC)cccn23)c1. The van der Waals surface area contributed by atoms with Crippen molar-refractivity contribution < 1.29 is 9.47 Å². The van der Waals surface area contributed by atoms with Crippen molar-refractivity contribution in [3.05, 3.63) is 54.0 Å². The predicted octanol–water partition coefficient (Wildman–Crippen LogP) is 2.34. The molecule has 0 unspecified atom stereocenters. The first-order valence-corrected chi connectivity index (χ1v) is 6.31. The molecule has 0 radical (unpaired) electrons. The molecule has 0 fully saturated rings. The summed E-state index contributed by atoms with van der Waals surface area (Å²) in [7, 11) is 3.29. The molecule has 0 bridgehead atoms. The van der Waals surface area contributed by atoms with Gasteiger partial charge >= 0.3 is 0 Å². The highest BCUT2D eigenvalue weighted by Gasteiger charge is 2.10. The van der Waals surface area contributed by atoms with E-state index in [-0.39, 0.29) is 0 Å². The van der Waals surface area contributed by atoms with Gasteiger partial charge in [0.15, 0.2) is 5.75 Å². The van der Waals surface area contributed by atoms with Crippen LogP contribution in [0.15, 0.2) is 42.6 Å². The number of aromatic nitrogens is 3. The maximum Gasteiger partial charge on any atom is 0.203 e. The Hall–Kier alpha value is -2.56. The average Bonchev–Trinajstić information content (AvgIpc) is 2.90. The van der Waals surface area contributed by atoms with Gasteiger partial charge in [0.05, 0.1) is 14.2 Å². The molecule has 2 heterocycles. The first-order valence-electron chi connectivity index (χ1n) is 6.31. The number of hydrogen-bond acceptors (Lipinski definition) is 4. The van der Waals surface area contributed by atoms with E-state index < -0.39 is 0 Å². The van der Waals surface area contributed by atoms with Crippen LogP contribution >= 0.6 is 0 Å². The Morgan fingerprint density at radius 2 is 1.95 bits per heavy atom. The molecule has 20 heavy (non-hydrogen) atoms. The molecular formula is C15H15N3O2. The van der Waals surface area contributed by atoms with E-state index in [9.17, 15) is 0 Å². The Kier molecular flexibility index (Phi) is 3.25. The van der Waals surface area contributed by atoms with Crippen LogP contribution in [0.4, 0.5) is 0 Å². The second-order valence-electron chi connectivity index (χ2n) is 4.41. The lowest BCUT2D eigenvalue weighted by Gasteiger charge is -2.04. The number of benzene rings is 1. The Bertz CT molecular complexity index is 737. The van der Waals surface area contributed by atoms with Gasteiger partial charge in [-0.3, -0.25) is 4.40 Å². The van der Waals surface area contributed by atoms with E-state index >= 15 is 0 Å². The lowest BCUT2D eigenvalue weighted by Crippen LogP contribution is -1.97. The van der Waals surface area contributed by atoms with Gasteiger partial charge in [0.25, 0.3) is 0 Å². The van der Waals surface area contributed by atoms with E-state index in [1.54, 1.807) is 14.2 Å². The molecule has 102 valence electrons. The number of methoxy groups -OCH3 is 2. The first-order chi connectivity index (χ1) is 9.81. The summed E-state index contributed by atoms with van der Waals surface area (Å²) in [6.07, 6.45) is 2.62. The van der Waals surface area contributed by atoms with Crippen molar-refractivity contribution in [2.45, 2.75) is 6.42 Å². The zero-order chi connectivity index (χ0) is 13.9. The van der Waals surface area contributed by atoms with E-state index in [0.29, 0.717) is 6.42 Å². The number of ether oxygens (including phenoxy) is 2. The summed E-state index contributed by atoms with van der Waals surface area (Å²) in [5.41, 5.74) is 1.86. The Labute approximate surface area is 116 Å². The maximum atomic E-state index is 5.28. The number of fused-ring (bicyclic) bond motifs is 1. The lowest BCUT2D eigenvalue weighted by atomic mass is 10.1. The van der Waals surface area contributed by atoms with E-state index in [1.165, 1.54) is 0 Å². The van der Waals surface area contributed by atoms with Gasteiger partial charge in [-0.05, 0) is 29.8 Å². The Balaban J connectivity index is 1.98. The van der Waals surface area contributed by atoms with Crippen molar-refractivity contribution in [1.82, 2.24) is 14.6 Å². The van der Waals surface area contributed by atoms with E-state index in [1.807, 2.05) is 47.0 Å². The minimum absolute atomic E-state index is 0.686. The van der Waals surface area contributed by atoms with Crippen LogP contribution in [0.25, 0.3) is 5.65 Å². The van der Waals surface area contributed by atoms with Crippen LogP contribution in [-0.4, -0.2) is 28.8 Å². The normalized spacial score (nSPS) is 10.7. The summed E-state index contributed by atoms with van der Waals surface area (Å²) in [6.45, 7) is 0. The maximum absolute atomic E-state index is 5.28. The van der Waals surface area contributed by atoms with Gasteiger partial charge in [-0.1, -0.05) is 12.1 Å². The quantitative estimate of drug-likeness (QED) is 0.729. The summed E-state index contributed by atoms with van der Waals surface area (Å²) in [4.78, 5) is 0. The highest BCUT2D eigenvalue weighted by Crippen LogP contribution is 2.20. The third-order valence-corrected chi connectivity index (χ3v) is 3.19. The minimum Gasteiger partial charge on any atom is -0.497 e. The molecule has 0 N–H and O–H groups in total. The minimum atomic E-state index is 0.686. The molecule has 0 saturated carbocycles. The van der Waals surface area contributed by atoms with Crippen LogP contribution in [0, 0.1) is 0 Å². The van der Waals surface area contributed by atoms with Gasteiger partial charge in [-0.15, -0.1) is 10.2 Å². The molecule has 0 atom stereocenters. The standard InChI is InChI=1S/C15H15N3O2/c1-19-12-6-3-5-11(9-12)10-14-16-17-15-13(20-2)7-4-8-18(14)15/h3-9H,10H2,1-2H3. The molecule has 0 aliphatic carbocycles. The molecule has 0 aliphatic heterocycles. The molecule has 0 spiro atoms.